The van der Waals surface area contributed by atoms with Crippen molar-refractivity contribution in [2.24, 2.45) is 0 Å². The van der Waals surface area contributed by atoms with E-state index < -0.39 is 0 Å². The maximum absolute atomic E-state index is 9.40. The predicted octanol–water partition coefficient (Wildman–Crippen LogP) is 2.56. The summed E-state index contributed by atoms with van der Waals surface area (Å²) in [5.41, 5.74) is 2.26. The fourth-order valence-corrected chi connectivity index (χ4v) is 2.23. The summed E-state index contributed by atoms with van der Waals surface area (Å²) >= 11 is 3.47. The lowest BCUT2D eigenvalue weighted by atomic mass is 10.1. The first-order chi connectivity index (χ1) is 9.20. The molecular weight excluding hydrogens is 306 g/mol. The molecule has 0 radical (unpaired) electrons. The average molecular weight is 324 g/mol. The Balaban J connectivity index is 2.10. The van der Waals surface area contributed by atoms with Crippen molar-refractivity contribution in [3.63, 3.8) is 0 Å². The molecule has 0 aliphatic rings. The minimum atomic E-state index is 0.0930. The number of halogens is 1. The summed E-state index contributed by atoms with van der Waals surface area (Å²) < 4.78 is 0.968. The number of aromatic amines is 1. The van der Waals surface area contributed by atoms with Crippen LogP contribution in [0.1, 0.15) is 18.2 Å². The Morgan fingerprint density at radius 1 is 1.32 bits per heavy atom. The van der Waals surface area contributed by atoms with Gasteiger partial charge < -0.3 is 5.11 Å². The average Bonchev–Trinajstić information content (AvgIpc) is 2.84. The summed E-state index contributed by atoms with van der Waals surface area (Å²) in [6.45, 7) is 3.68. The molecule has 5 heteroatoms. The lowest BCUT2D eigenvalue weighted by Crippen LogP contribution is -2.34. The van der Waals surface area contributed by atoms with Crippen LogP contribution in [0.5, 0.6) is 0 Å². The number of aliphatic hydroxyl groups excluding tert-OH is 1. The quantitative estimate of drug-likeness (QED) is 0.859. The second-order valence-electron chi connectivity index (χ2n) is 4.62. The third kappa shape index (κ3) is 3.89. The fraction of sp³-hybridized carbons (Fsp3) is 0.357. The Labute approximate surface area is 121 Å². The molecule has 1 atom stereocenters. The molecule has 0 spiro atoms. The number of aromatic nitrogens is 2. The summed E-state index contributed by atoms with van der Waals surface area (Å²) in [5.74, 6) is 0. The molecule has 2 aromatic rings. The van der Waals surface area contributed by atoms with Crippen molar-refractivity contribution in [1.29, 1.82) is 0 Å². The van der Waals surface area contributed by atoms with E-state index in [1.165, 1.54) is 5.56 Å². The van der Waals surface area contributed by atoms with Crippen LogP contribution < -0.4 is 0 Å². The van der Waals surface area contributed by atoms with Crippen LogP contribution in [0.4, 0.5) is 0 Å². The molecule has 2 rings (SSSR count). The van der Waals surface area contributed by atoms with E-state index in [1.807, 2.05) is 25.1 Å². The molecule has 0 bridgehead atoms. The van der Waals surface area contributed by atoms with Gasteiger partial charge in [0.05, 0.1) is 23.0 Å². The van der Waals surface area contributed by atoms with E-state index in [9.17, 15) is 5.11 Å². The van der Waals surface area contributed by atoms with Crippen LogP contribution in [0.15, 0.2) is 41.0 Å². The lowest BCUT2D eigenvalue weighted by Gasteiger charge is -2.27. The smallest absolute Gasteiger partial charge is 0.0634 e. The SMILES string of the molecule is C[C@H](CO)N(Cc1ccccc1)Cc1[nH]ncc1Br. The number of rotatable bonds is 6. The third-order valence-corrected chi connectivity index (χ3v) is 3.83. The van der Waals surface area contributed by atoms with E-state index in [0.29, 0.717) is 0 Å². The van der Waals surface area contributed by atoms with Crippen molar-refractivity contribution in [2.75, 3.05) is 6.61 Å². The van der Waals surface area contributed by atoms with Gasteiger partial charge in [0.2, 0.25) is 0 Å². The number of H-pyrrole nitrogens is 1. The van der Waals surface area contributed by atoms with E-state index in [0.717, 1.165) is 23.3 Å². The van der Waals surface area contributed by atoms with Gasteiger partial charge in [-0.1, -0.05) is 30.3 Å². The van der Waals surface area contributed by atoms with Gasteiger partial charge in [0.15, 0.2) is 0 Å². The highest BCUT2D eigenvalue weighted by Crippen LogP contribution is 2.18. The van der Waals surface area contributed by atoms with Gasteiger partial charge in [0.25, 0.3) is 0 Å². The molecule has 0 saturated carbocycles. The molecule has 0 saturated heterocycles. The van der Waals surface area contributed by atoms with Gasteiger partial charge in [-0.3, -0.25) is 10.00 Å². The first-order valence-corrected chi connectivity index (χ1v) is 7.06. The van der Waals surface area contributed by atoms with Crippen molar-refractivity contribution in [2.45, 2.75) is 26.1 Å². The van der Waals surface area contributed by atoms with Crippen LogP contribution in [0.3, 0.4) is 0 Å². The van der Waals surface area contributed by atoms with Crippen LogP contribution in [-0.4, -0.2) is 32.9 Å². The summed E-state index contributed by atoms with van der Waals surface area (Å²) in [7, 11) is 0. The fourth-order valence-electron chi connectivity index (χ4n) is 1.91. The zero-order valence-electron chi connectivity index (χ0n) is 10.9. The van der Waals surface area contributed by atoms with Crippen LogP contribution in [0, 0.1) is 0 Å². The van der Waals surface area contributed by atoms with Crippen molar-refractivity contribution in [1.82, 2.24) is 15.1 Å². The highest BCUT2D eigenvalue weighted by molar-refractivity contribution is 9.10. The first-order valence-electron chi connectivity index (χ1n) is 6.27. The Morgan fingerprint density at radius 2 is 2.05 bits per heavy atom. The van der Waals surface area contributed by atoms with Crippen molar-refractivity contribution in [3.8, 4) is 0 Å². The van der Waals surface area contributed by atoms with Gasteiger partial charge in [-0.05, 0) is 28.4 Å². The van der Waals surface area contributed by atoms with Crippen LogP contribution in [0.25, 0.3) is 0 Å². The zero-order chi connectivity index (χ0) is 13.7. The van der Waals surface area contributed by atoms with Gasteiger partial charge in [0, 0.05) is 19.1 Å². The summed E-state index contributed by atoms with van der Waals surface area (Å²) in [4.78, 5) is 2.22. The highest BCUT2D eigenvalue weighted by Gasteiger charge is 2.16. The standard InChI is InChI=1S/C14H18BrN3O/c1-11(10-19)18(8-12-5-3-2-4-6-12)9-14-13(15)7-16-17-14/h2-7,11,19H,8-10H2,1H3,(H,16,17)/t11-/m1/s1. The molecule has 102 valence electrons. The minimum Gasteiger partial charge on any atom is -0.395 e. The molecule has 0 unspecified atom stereocenters. The number of aliphatic hydroxyl groups is 1. The largest absolute Gasteiger partial charge is 0.395 e. The Hall–Kier alpha value is -1.17. The van der Waals surface area contributed by atoms with Crippen molar-refractivity contribution in [3.05, 3.63) is 52.3 Å². The Bertz CT molecular complexity index is 500. The van der Waals surface area contributed by atoms with Crippen LogP contribution in [0.2, 0.25) is 0 Å². The van der Waals surface area contributed by atoms with Gasteiger partial charge in [0.1, 0.15) is 0 Å². The molecule has 2 N–H and O–H groups in total. The third-order valence-electron chi connectivity index (χ3n) is 3.14. The molecule has 0 aliphatic heterocycles. The van der Waals surface area contributed by atoms with E-state index in [2.05, 4.69) is 43.2 Å². The molecule has 1 heterocycles. The molecule has 19 heavy (non-hydrogen) atoms. The maximum atomic E-state index is 9.40. The van der Waals surface area contributed by atoms with Gasteiger partial charge in [-0.15, -0.1) is 0 Å². The molecule has 1 aromatic carbocycles. The number of hydrogen-bond acceptors (Lipinski definition) is 3. The molecule has 0 aliphatic carbocycles. The second kappa shape index (κ2) is 6.84. The van der Waals surface area contributed by atoms with E-state index >= 15 is 0 Å². The number of benzene rings is 1. The monoisotopic (exact) mass is 323 g/mol. The van der Waals surface area contributed by atoms with Gasteiger partial charge >= 0.3 is 0 Å². The molecule has 0 amide bonds. The van der Waals surface area contributed by atoms with Gasteiger partial charge in [-0.2, -0.15) is 5.10 Å². The Morgan fingerprint density at radius 3 is 2.63 bits per heavy atom. The van der Waals surface area contributed by atoms with Crippen LogP contribution >= 0.6 is 15.9 Å². The zero-order valence-corrected chi connectivity index (χ0v) is 12.5. The molecule has 4 nitrogen and oxygen atoms in total. The van der Waals surface area contributed by atoms with E-state index in [4.69, 9.17) is 0 Å². The highest BCUT2D eigenvalue weighted by atomic mass is 79.9. The maximum Gasteiger partial charge on any atom is 0.0634 e. The summed E-state index contributed by atoms with van der Waals surface area (Å²) in [5, 5.41) is 16.4. The number of hydrogen-bond donors (Lipinski definition) is 2. The van der Waals surface area contributed by atoms with Crippen molar-refractivity contribution >= 4 is 15.9 Å². The topological polar surface area (TPSA) is 52.1 Å². The first kappa shape index (κ1) is 14.2. The number of nitrogens with zero attached hydrogens (tertiary/aromatic N) is 2. The number of nitrogens with one attached hydrogen (secondary N) is 1. The van der Waals surface area contributed by atoms with E-state index in [-0.39, 0.29) is 12.6 Å². The van der Waals surface area contributed by atoms with Gasteiger partial charge in [-0.25, -0.2) is 0 Å². The summed E-state index contributed by atoms with van der Waals surface area (Å²) in [6.07, 6.45) is 1.75. The lowest BCUT2D eigenvalue weighted by molar-refractivity contribution is 0.120. The molecular formula is C14H18BrN3O. The second-order valence-corrected chi connectivity index (χ2v) is 5.47. The van der Waals surface area contributed by atoms with E-state index in [1.54, 1.807) is 6.20 Å². The molecule has 0 fully saturated rings. The normalized spacial score (nSPS) is 12.8. The minimum absolute atomic E-state index is 0.0930. The summed E-state index contributed by atoms with van der Waals surface area (Å²) in [6, 6.07) is 10.4. The predicted molar refractivity (Wildman–Crippen MR) is 78.5 cm³/mol. The van der Waals surface area contributed by atoms with Crippen molar-refractivity contribution < 1.29 is 5.11 Å². The Kier molecular flexibility index (Phi) is 5.13. The van der Waals surface area contributed by atoms with Crippen LogP contribution in [-0.2, 0) is 13.1 Å². The molecule has 1 aromatic heterocycles.